The summed E-state index contributed by atoms with van der Waals surface area (Å²) in [6.07, 6.45) is 0.479. The zero-order valence-electron chi connectivity index (χ0n) is 8.96. The van der Waals surface area contributed by atoms with Crippen LogP contribution in [0.15, 0.2) is 24.3 Å². The van der Waals surface area contributed by atoms with Gasteiger partial charge in [0.05, 0.1) is 6.42 Å². The van der Waals surface area contributed by atoms with E-state index in [9.17, 15) is 9.18 Å². The first kappa shape index (κ1) is 11.7. The molecule has 82 valence electrons. The third-order valence-electron chi connectivity index (χ3n) is 2.26. The van der Waals surface area contributed by atoms with Gasteiger partial charge >= 0.3 is 5.97 Å². The quantitative estimate of drug-likeness (QED) is 0.829. The molecule has 1 rings (SSSR count). The molecule has 1 N–H and O–H groups in total. The standard InChI is InChI=1S/C12H15FO2/c1-12(2,8-11(14)15)7-9-5-3-4-6-10(9)13/h3-6H,7-8H2,1-2H3,(H,14,15). The highest BCUT2D eigenvalue weighted by Crippen LogP contribution is 2.26. The molecule has 0 heterocycles. The Morgan fingerprint density at radius 1 is 1.40 bits per heavy atom. The highest BCUT2D eigenvalue weighted by Gasteiger charge is 2.23. The Balaban J connectivity index is 2.77. The summed E-state index contributed by atoms with van der Waals surface area (Å²) in [5.74, 6) is -1.12. The van der Waals surface area contributed by atoms with Crippen LogP contribution in [-0.2, 0) is 11.2 Å². The van der Waals surface area contributed by atoms with E-state index in [1.165, 1.54) is 6.07 Å². The number of hydrogen-bond donors (Lipinski definition) is 1. The molecule has 0 saturated carbocycles. The van der Waals surface area contributed by atoms with Crippen molar-refractivity contribution in [2.75, 3.05) is 0 Å². The predicted molar refractivity (Wildman–Crippen MR) is 56.1 cm³/mol. The lowest BCUT2D eigenvalue weighted by Gasteiger charge is -2.22. The molecule has 15 heavy (non-hydrogen) atoms. The fraction of sp³-hybridized carbons (Fsp3) is 0.417. The molecule has 0 unspecified atom stereocenters. The maximum atomic E-state index is 13.3. The largest absolute Gasteiger partial charge is 0.481 e. The lowest BCUT2D eigenvalue weighted by Crippen LogP contribution is -2.20. The first-order chi connectivity index (χ1) is 6.91. The van der Waals surface area contributed by atoms with E-state index in [1.807, 2.05) is 13.8 Å². The van der Waals surface area contributed by atoms with Gasteiger partial charge in [-0.05, 0) is 23.5 Å². The molecule has 0 saturated heterocycles. The average Bonchev–Trinajstić information content (AvgIpc) is 2.06. The second-order valence-electron chi connectivity index (χ2n) is 4.50. The summed E-state index contributed by atoms with van der Waals surface area (Å²) in [6.45, 7) is 3.65. The van der Waals surface area contributed by atoms with E-state index in [0.717, 1.165) is 0 Å². The summed E-state index contributed by atoms with van der Waals surface area (Å²) in [5.41, 5.74) is 0.150. The fourth-order valence-electron chi connectivity index (χ4n) is 1.63. The van der Waals surface area contributed by atoms with Gasteiger partial charge in [-0.25, -0.2) is 4.39 Å². The molecule has 0 fully saturated rings. The van der Waals surface area contributed by atoms with Crippen LogP contribution in [0.4, 0.5) is 4.39 Å². The molecular formula is C12H15FO2. The second kappa shape index (κ2) is 4.43. The van der Waals surface area contributed by atoms with E-state index in [-0.39, 0.29) is 12.2 Å². The van der Waals surface area contributed by atoms with Crippen molar-refractivity contribution in [3.8, 4) is 0 Å². The zero-order valence-corrected chi connectivity index (χ0v) is 8.96. The number of hydrogen-bond acceptors (Lipinski definition) is 1. The van der Waals surface area contributed by atoms with Gasteiger partial charge in [0.2, 0.25) is 0 Å². The molecular weight excluding hydrogens is 195 g/mol. The van der Waals surface area contributed by atoms with Crippen molar-refractivity contribution in [3.63, 3.8) is 0 Å². The van der Waals surface area contributed by atoms with Crippen LogP contribution in [0.3, 0.4) is 0 Å². The van der Waals surface area contributed by atoms with Gasteiger partial charge < -0.3 is 5.11 Å². The molecule has 3 heteroatoms. The minimum Gasteiger partial charge on any atom is -0.481 e. The van der Waals surface area contributed by atoms with E-state index in [0.29, 0.717) is 12.0 Å². The average molecular weight is 210 g/mol. The lowest BCUT2D eigenvalue weighted by atomic mass is 9.82. The summed E-state index contributed by atoms with van der Waals surface area (Å²) >= 11 is 0. The molecule has 0 aliphatic heterocycles. The fourth-order valence-corrected chi connectivity index (χ4v) is 1.63. The van der Waals surface area contributed by atoms with Crippen molar-refractivity contribution in [1.29, 1.82) is 0 Å². The van der Waals surface area contributed by atoms with Crippen LogP contribution in [-0.4, -0.2) is 11.1 Å². The number of benzene rings is 1. The summed E-state index contributed by atoms with van der Waals surface area (Å²) in [4.78, 5) is 10.6. The molecule has 1 aromatic carbocycles. The van der Waals surface area contributed by atoms with Crippen molar-refractivity contribution in [2.24, 2.45) is 5.41 Å². The van der Waals surface area contributed by atoms with Gasteiger partial charge in [-0.3, -0.25) is 4.79 Å². The summed E-state index contributed by atoms with van der Waals surface area (Å²) in [5, 5.41) is 8.70. The summed E-state index contributed by atoms with van der Waals surface area (Å²) in [7, 11) is 0. The molecule has 0 aromatic heterocycles. The lowest BCUT2D eigenvalue weighted by molar-refractivity contribution is -0.139. The van der Waals surface area contributed by atoms with Crippen molar-refractivity contribution < 1.29 is 14.3 Å². The van der Waals surface area contributed by atoms with Crippen LogP contribution in [0.5, 0.6) is 0 Å². The van der Waals surface area contributed by atoms with Crippen LogP contribution in [0.25, 0.3) is 0 Å². The Labute approximate surface area is 88.7 Å². The molecule has 0 aliphatic carbocycles. The van der Waals surface area contributed by atoms with Crippen molar-refractivity contribution in [2.45, 2.75) is 26.7 Å². The van der Waals surface area contributed by atoms with Crippen LogP contribution < -0.4 is 0 Å². The Hall–Kier alpha value is -1.38. The molecule has 0 radical (unpaired) electrons. The van der Waals surface area contributed by atoms with E-state index < -0.39 is 11.4 Å². The van der Waals surface area contributed by atoms with Gasteiger partial charge in [0.25, 0.3) is 0 Å². The number of aliphatic carboxylic acids is 1. The van der Waals surface area contributed by atoms with Gasteiger partial charge in [0, 0.05) is 0 Å². The van der Waals surface area contributed by atoms with E-state index in [2.05, 4.69) is 0 Å². The zero-order chi connectivity index (χ0) is 11.5. The minimum atomic E-state index is -0.851. The number of carboxylic acids is 1. The minimum absolute atomic E-state index is 0.0430. The molecule has 0 bridgehead atoms. The molecule has 0 spiro atoms. The third kappa shape index (κ3) is 3.70. The normalized spacial score (nSPS) is 11.4. The Kier molecular flexibility index (Phi) is 3.45. The topological polar surface area (TPSA) is 37.3 Å². The van der Waals surface area contributed by atoms with Crippen LogP contribution in [0.2, 0.25) is 0 Å². The molecule has 2 nitrogen and oxygen atoms in total. The van der Waals surface area contributed by atoms with Gasteiger partial charge in [-0.1, -0.05) is 32.0 Å². The smallest absolute Gasteiger partial charge is 0.303 e. The molecule has 0 atom stereocenters. The Bertz CT molecular complexity index is 358. The molecule has 0 amide bonds. The van der Waals surface area contributed by atoms with Gasteiger partial charge in [-0.2, -0.15) is 0 Å². The summed E-state index contributed by atoms with van der Waals surface area (Å²) < 4.78 is 13.3. The SMILES string of the molecule is CC(C)(CC(=O)O)Cc1ccccc1F. The maximum absolute atomic E-state index is 13.3. The van der Waals surface area contributed by atoms with Crippen LogP contribution >= 0.6 is 0 Å². The van der Waals surface area contributed by atoms with Gasteiger partial charge in [0.15, 0.2) is 0 Å². The molecule has 1 aromatic rings. The number of halogens is 1. The Morgan fingerprint density at radius 2 is 2.00 bits per heavy atom. The third-order valence-corrected chi connectivity index (χ3v) is 2.26. The predicted octanol–water partition coefficient (Wildman–Crippen LogP) is 2.87. The van der Waals surface area contributed by atoms with Crippen molar-refractivity contribution in [1.82, 2.24) is 0 Å². The van der Waals surface area contributed by atoms with Crippen LogP contribution in [0.1, 0.15) is 25.8 Å². The first-order valence-electron chi connectivity index (χ1n) is 4.86. The van der Waals surface area contributed by atoms with Gasteiger partial charge in [-0.15, -0.1) is 0 Å². The number of carbonyl (C=O) groups is 1. The first-order valence-corrected chi connectivity index (χ1v) is 4.86. The summed E-state index contributed by atoms with van der Waals surface area (Å²) in [6, 6.07) is 6.48. The van der Waals surface area contributed by atoms with Crippen molar-refractivity contribution in [3.05, 3.63) is 35.6 Å². The van der Waals surface area contributed by atoms with Gasteiger partial charge in [0.1, 0.15) is 5.82 Å². The number of carboxylic acid groups (broad SMARTS) is 1. The van der Waals surface area contributed by atoms with Crippen LogP contribution in [0, 0.1) is 11.2 Å². The monoisotopic (exact) mass is 210 g/mol. The molecule has 0 aliphatic rings. The van der Waals surface area contributed by atoms with E-state index in [4.69, 9.17) is 5.11 Å². The van der Waals surface area contributed by atoms with Crippen molar-refractivity contribution >= 4 is 5.97 Å². The van der Waals surface area contributed by atoms with E-state index in [1.54, 1.807) is 18.2 Å². The second-order valence-corrected chi connectivity index (χ2v) is 4.50. The Morgan fingerprint density at radius 3 is 2.53 bits per heavy atom. The highest BCUT2D eigenvalue weighted by molar-refractivity contribution is 5.67. The number of rotatable bonds is 4. The van der Waals surface area contributed by atoms with E-state index >= 15 is 0 Å². The maximum Gasteiger partial charge on any atom is 0.303 e. The highest BCUT2D eigenvalue weighted by atomic mass is 19.1.